The van der Waals surface area contributed by atoms with E-state index in [9.17, 15) is 22.8 Å². The number of carbonyl (C=O) groups excluding carboxylic acids is 2. The van der Waals surface area contributed by atoms with Crippen LogP contribution < -0.4 is 15.5 Å². The van der Waals surface area contributed by atoms with Crippen molar-refractivity contribution in [1.82, 2.24) is 0 Å². The minimum Gasteiger partial charge on any atom is -0.366 e. The predicted octanol–water partition coefficient (Wildman–Crippen LogP) is 4.27. The van der Waals surface area contributed by atoms with Crippen LogP contribution in [0.3, 0.4) is 0 Å². The molecule has 2 rings (SSSR count). The highest BCUT2D eigenvalue weighted by Crippen LogP contribution is 2.35. The number of rotatable bonds is 6. The normalized spacial score (nSPS) is 12.9. The van der Waals surface area contributed by atoms with Gasteiger partial charge >= 0.3 is 6.18 Å². The van der Waals surface area contributed by atoms with Gasteiger partial charge in [0, 0.05) is 24.0 Å². The zero-order valence-corrected chi connectivity index (χ0v) is 18.4. The van der Waals surface area contributed by atoms with Crippen LogP contribution in [0.4, 0.5) is 24.5 Å². The fraction of sp³-hybridized carbons (Fsp3) is 0.273. The van der Waals surface area contributed by atoms with Crippen LogP contribution >= 0.6 is 12.2 Å². The van der Waals surface area contributed by atoms with E-state index >= 15 is 0 Å². The maximum Gasteiger partial charge on any atom is 0.417 e. The van der Waals surface area contributed by atoms with Crippen LogP contribution in [0.1, 0.15) is 41.8 Å². The van der Waals surface area contributed by atoms with Gasteiger partial charge < -0.3 is 20.3 Å². The zero-order chi connectivity index (χ0) is 24.3. The quantitative estimate of drug-likeness (QED) is 0.509. The molecule has 0 bridgehead atoms. The summed E-state index contributed by atoms with van der Waals surface area (Å²) in [6.45, 7) is 3.41. The highest BCUT2D eigenvalue weighted by Gasteiger charge is 2.37. The van der Waals surface area contributed by atoms with E-state index in [0.29, 0.717) is 18.4 Å². The molecule has 0 aliphatic carbocycles. The van der Waals surface area contributed by atoms with Gasteiger partial charge in [-0.05, 0) is 68.0 Å². The topological polar surface area (TPSA) is 90.4 Å². The van der Waals surface area contributed by atoms with E-state index in [0.717, 1.165) is 12.1 Å². The third-order valence-corrected chi connectivity index (χ3v) is 5.64. The second-order valence-corrected chi connectivity index (χ2v) is 7.62. The van der Waals surface area contributed by atoms with Crippen LogP contribution in [0, 0.1) is 11.3 Å². The number of carbonyl (C=O) groups is 2. The first-order chi connectivity index (χ1) is 14.9. The number of nitrogens with two attached hydrogens (primary N) is 1. The molecule has 168 valence electrons. The van der Waals surface area contributed by atoms with Crippen molar-refractivity contribution in [3.05, 3.63) is 59.2 Å². The third kappa shape index (κ3) is 4.89. The molecule has 6 nitrogen and oxygen atoms in total. The fourth-order valence-corrected chi connectivity index (χ4v) is 3.45. The van der Waals surface area contributed by atoms with Gasteiger partial charge in [-0.3, -0.25) is 4.79 Å². The van der Waals surface area contributed by atoms with Crippen LogP contribution in [0.25, 0.3) is 0 Å². The molecule has 0 aliphatic heterocycles. The predicted molar refractivity (Wildman–Crippen MR) is 119 cm³/mol. The molecule has 0 heterocycles. The number of benzene rings is 2. The number of primary amides is 1. The van der Waals surface area contributed by atoms with E-state index in [1.54, 1.807) is 26.0 Å². The highest BCUT2D eigenvalue weighted by molar-refractivity contribution is 7.80. The maximum absolute atomic E-state index is 13.4. The molecule has 0 radical (unpaired) electrons. The summed E-state index contributed by atoms with van der Waals surface area (Å²) in [6, 6.07) is 10.8. The largest absolute Gasteiger partial charge is 0.417 e. The summed E-state index contributed by atoms with van der Waals surface area (Å²) in [5.74, 6) is -0.631. The average molecular weight is 462 g/mol. The van der Waals surface area contributed by atoms with Gasteiger partial charge in [0.05, 0.1) is 22.7 Å². The van der Waals surface area contributed by atoms with Gasteiger partial charge in [-0.2, -0.15) is 18.4 Å². The monoisotopic (exact) mass is 462 g/mol. The minimum absolute atomic E-state index is 0.0473. The Kier molecular flexibility index (Phi) is 7.26. The number of anilines is 2. The molecule has 0 fully saturated rings. The Labute approximate surface area is 189 Å². The van der Waals surface area contributed by atoms with Gasteiger partial charge in [-0.1, -0.05) is 6.92 Å². The summed E-state index contributed by atoms with van der Waals surface area (Å²) in [7, 11) is 1.47. The van der Waals surface area contributed by atoms with Crippen LogP contribution in [0.2, 0.25) is 0 Å². The number of amides is 1. The van der Waals surface area contributed by atoms with Crippen molar-refractivity contribution in [1.29, 1.82) is 5.26 Å². The van der Waals surface area contributed by atoms with Crippen LogP contribution in [0.15, 0.2) is 42.5 Å². The summed E-state index contributed by atoms with van der Waals surface area (Å²) in [4.78, 5) is 26.2. The zero-order valence-electron chi connectivity index (χ0n) is 17.6. The fourth-order valence-electron chi connectivity index (χ4n) is 3.03. The van der Waals surface area contributed by atoms with Crippen molar-refractivity contribution in [2.75, 3.05) is 16.8 Å². The van der Waals surface area contributed by atoms with E-state index in [-0.39, 0.29) is 16.4 Å². The van der Waals surface area contributed by atoms with Gasteiger partial charge in [-0.25, -0.2) is 0 Å². The number of alkyl halides is 3. The lowest BCUT2D eigenvalue weighted by molar-refractivity contribution is -0.137. The molecule has 1 amide bonds. The lowest BCUT2D eigenvalue weighted by atomic mass is 9.97. The van der Waals surface area contributed by atoms with Crippen LogP contribution in [0.5, 0.6) is 0 Å². The number of nitriles is 1. The Balaban J connectivity index is 2.58. The first-order valence-electron chi connectivity index (χ1n) is 9.45. The Morgan fingerprint density at radius 2 is 1.75 bits per heavy atom. The smallest absolute Gasteiger partial charge is 0.366 e. The van der Waals surface area contributed by atoms with E-state index in [2.05, 4.69) is 0 Å². The van der Waals surface area contributed by atoms with Gasteiger partial charge in [0.25, 0.3) is 0 Å². The van der Waals surface area contributed by atoms with Crippen LogP contribution in [-0.2, 0) is 11.0 Å². The molecular weight excluding hydrogens is 441 g/mol. The number of thiocarbonyl (C=S) groups is 1. The first kappa shape index (κ1) is 24.8. The minimum atomic E-state index is -4.73. The molecule has 0 spiro atoms. The average Bonchev–Trinajstić information content (AvgIpc) is 2.77. The van der Waals surface area contributed by atoms with E-state index in [1.807, 2.05) is 0 Å². The second kappa shape index (κ2) is 9.36. The lowest BCUT2D eigenvalue weighted by Gasteiger charge is -2.41. The molecule has 0 saturated heterocycles. The van der Waals surface area contributed by atoms with Crippen molar-refractivity contribution in [2.45, 2.75) is 32.0 Å². The van der Waals surface area contributed by atoms with E-state index in [1.165, 1.54) is 41.1 Å². The Hall–Kier alpha value is -3.45. The molecule has 0 aliphatic rings. The summed E-state index contributed by atoms with van der Waals surface area (Å²) in [6.07, 6.45) is -3.69. The van der Waals surface area contributed by atoms with Crippen LogP contribution in [-0.4, -0.2) is 29.9 Å². The first-order valence-corrected chi connectivity index (χ1v) is 9.86. The molecule has 2 aromatic rings. The molecule has 1 atom stereocenters. The van der Waals surface area contributed by atoms with Crippen molar-refractivity contribution in [3.8, 4) is 6.07 Å². The number of halogens is 3. The molecule has 0 saturated carbocycles. The summed E-state index contributed by atoms with van der Waals surface area (Å²) in [5, 5.41) is 9.07. The van der Waals surface area contributed by atoms with Crippen molar-refractivity contribution < 1.29 is 22.8 Å². The van der Waals surface area contributed by atoms with E-state index in [4.69, 9.17) is 23.2 Å². The maximum atomic E-state index is 13.4. The van der Waals surface area contributed by atoms with Gasteiger partial charge in [0.15, 0.2) is 5.11 Å². The summed E-state index contributed by atoms with van der Waals surface area (Å²) in [5.41, 5.74) is 3.35. The Bertz CT molecular complexity index is 1080. The number of aldehydes is 1. The number of hydrogen-bond acceptors (Lipinski definition) is 4. The standard InChI is InChI=1S/C22H21F3N4O2S/c1-4-21(2,13-30)29(16-8-5-14(6-9-16)19(27)31)20(32)28(3)17-10-7-15(12-26)18(11-17)22(23,24)25/h5-11,13H,4H2,1-3H3,(H2,27,31). The van der Waals surface area contributed by atoms with Crippen molar-refractivity contribution in [3.63, 3.8) is 0 Å². The van der Waals surface area contributed by atoms with Crippen molar-refractivity contribution in [2.24, 2.45) is 5.73 Å². The number of hydrogen-bond donors (Lipinski definition) is 1. The van der Waals surface area contributed by atoms with Gasteiger partial charge in [0.1, 0.15) is 6.29 Å². The SMILES string of the molecule is CCC(C)(C=O)N(C(=S)N(C)c1ccc(C#N)c(C(F)(F)F)c1)c1ccc(C(N)=O)cc1. The van der Waals surface area contributed by atoms with Gasteiger partial charge in [0.2, 0.25) is 5.91 Å². The molecule has 10 heteroatoms. The molecule has 0 aromatic heterocycles. The third-order valence-electron chi connectivity index (χ3n) is 5.19. The molecular formula is C22H21F3N4O2S. The Morgan fingerprint density at radius 1 is 1.19 bits per heavy atom. The molecule has 2 N–H and O–H groups in total. The molecule has 32 heavy (non-hydrogen) atoms. The van der Waals surface area contributed by atoms with Crippen molar-refractivity contribution >= 4 is 40.9 Å². The number of nitrogens with zero attached hydrogens (tertiary/aromatic N) is 3. The summed E-state index contributed by atoms with van der Waals surface area (Å²) < 4.78 is 40.2. The molecule has 2 aromatic carbocycles. The Morgan fingerprint density at radius 3 is 2.19 bits per heavy atom. The highest BCUT2D eigenvalue weighted by atomic mass is 32.1. The lowest BCUT2D eigenvalue weighted by Crippen LogP contribution is -2.55. The second-order valence-electron chi connectivity index (χ2n) is 7.26. The molecule has 1 unspecified atom stereocenters. The van der Waals surface area contributed by atoms with Gasteiger partial charge in [-0.15, -0.1) is 0 Å². The van der Waals surface area contributed by atoms with E-state index < -0.39 is 28.7 Å². The summed E-state index contributed by atoms with van der Waals surface area (Å²) >= 11 is 5.58.